The standard InChI is InChI=1S/C13H14N4O2/c1-17-5-4-8-6-9(7-14-12(8)17)15-10-2-3-11(18)16-13(10)19/h4-7,10,15H,2-3H2,1H3,(H,16,18,19). The molecule has 0 bridgehead atoms. The molecule has 19 heavy (non-hydrogen) atoms. The summed E-state index contributed by atoms with van der Waals surface area (Å²) in [6, 6.07) is 3.55. The largest absolute Gasteiger partial charge is 0.372 e. The highest BCUT2D eigenvalue weighted by atomic mass is 16.2. The maximum Gasteiger partial charge on any atom is 0.249 e. The van der Waals surface area contributed by atoms with E-state index in [4.69, 9.17) is 0 Å². The number of hydrogen-bond donors (Lipinski definition) is 2. The minimum atomic E-state index is -0.374. The number of carbonyl (C=O) groups is 2. The number of carbonyl (C=O) groups excluding carboxylic acids is 2. The molecule has 2 amide bonds. The Kier molecular flexibility index (Phi) is 2.70. The van der Waals surface area contributed by atoms with Gasteiger partial charge in [0.25, 0.3) is 0 Å². The lowest BCUT2D eigenvalue weighted by Crippen LogP contribution is -2.47. The summed E-state index contributed by atoms with van der Waals surface area (Å²) in [7, 11) is 1.93. The molecule has 0 aromatic carbocycles. The monoisotopic (exact) mass is 258 g/mol. The van der Waals surface area contributed by atoms with Crippen LogP contribution in [0.3, 0.4) is 0 Å². The summed E-state index contributed by atoms with van der Waals surface area (Å²) >= 11 is 0. The molecular weight excluding hydrogens is 244 g/mol. The first-order valence-corrected chi connectivity index (χ1v) is 6.15. The van der Waals surface area contributed by atoms with Crippen molar-refractivity contribution in [1.29, 1.82) is 0 Å². The lowest BCUT2D eigenvalue weighted by atomic mass is 10.1. The first-order valence-electron chi connectivity index (χ1n) is 6.15. The van der Waals surface area contributed by atoms with Gasteiger partial charge in [-0.05, 0) is 18.6 Å². The number of rotatable bonds is 2. The summed E-state index contributed by atoms with van der Waals surface area (Å²) in [6.07, 6.45) is 4.52. The number of fused-ring (bicyclic) bond motifs is 1. The molecule has 2 aromatic heterocycles. The van der Waals surface area contributed by atoms with Gasteiger partial charge in [-0.25, -0.2) is 4.98 Å². The van der Waals surface area contributed by atoms with Crippen molar-refractivity contribution in [3.8, 4) is 0 Å². The van der Waals surface area contributed by atoms with Crippen LogP contribution in [0.1, 0.15) is 12.8 Å². The van der Waals surface area contributed by atoms with E-state index >= 15 is 0 Å². The molecule has 6 heteroatoms. The molecule has 3 rings (SSSR count). The van der Waals surface area contributed by atoms with Gasteiger partial charge in [0.1, 0.15) is 11.7 Å². The zero-order valence-corrected chi connectivity index (χ0v) is 10.5. The van der Waals surface area contributed by atoms with E-state index in [-0.39, 0.29) is 17.9 Å². The molecule has 6 nitrogen and oxygen atoms in total. The molecule has 0 spiro atoms. The zero-order valence-electron chi connectivity index (χ0n) is 10.5. The van der Waals surface area contributed by atoms with Gasteiger partial charge in [-0.2, -0.15) is 0 Å². The van der Waals surface area contributed by atoms with Crippen molar-refractivity contribution in [2.75, 3.05) is 5.32 Å². The molecule has 0 radical (unpaired) electrons. The lowest BCUT2D eigenvalue weighted by molar-refractivity contribution is -0.133. The van der Waals surface area contributed by atoms with Crippen LogP contribution in [0.2, 0.25) is 0 Å². The SMILES string of the molecule is Cn1ccc2cc(NC3CCC(=O)NC3=O)cnc21. The molecule has 1 unspecified atom stereocenters. The van der Waals surface area contributed by atoms with Gasteiger partial charge in [0.15, 0.2) is 0 Å². The molecule has 1 fully saturated rings. The molecule has 2 aromatic rings. The van der Waals surface area contributed by atoms with E-state index in [1.54, 1.807) is 6.20 Å². The van der Waals surface area contributed by atoms with Crippen molar-refractivity contribution in [2.45, 2.75) is 18.9 Å². The summed E-state index contributed by atoms with van der Waals surface area (Å²) < 4.78 is 1.94. The lowest BCUT2D eigenvalue weighted by Gasteiger charge is -2.22. The molecule has 1 aliphatic heterocycles. The highest BCUT2D eigenvalue weighted by Crippen LogP contribution is 2.19. The van der Waals surface area contributed by atoms with Crippen LogP contribution in [0.5, 0.6) is 0 Å². The molecule has 98 valence electrons. The van der Waals surface area contributed by atoms with Gasteiger partial charge >= 0.3 is 0 Å². The number of aryl methyl sites for hydroxylation is 1. The van der Waals surface area contributed by atoms with Crippen LogP contribution in [-0.4, -0.2) is 27.4 Å². The average molecular weight is 258 g/mol. The third kappa shape index (κ3) is 2.16. The fourth-order valence-corrected chi connectivity index (χ4v) is 2.27. The second-order valence-corrected chi connectivity index (χ2v) is 4.71. The van der Waals surface area contributed by atoms with Crippen molar-refractivity contribution >= 4 is 28.5 Å². The van der Waals surface area contributed by atoms with Gasteiger partial charge in [0.2, 0.25) is 11.8 Å². The number of nitrogens with zero attached hydrogens (tertiary/aromatic N) is 2. The van der Waals surface area contributed by atoms with Gasteiger partial charge < -0.3 is 9.88 Å². The Bertz CT molecular complexity index is 662. The highest BCUT2D eigenvalue weighted by molar-refractivity contribution is 6.01. The second-order valence-electron chi connectivity index (χ2n) is 4.71. The number of hydrogen-bond acceptors (Lipinski definition) is 4. The maximum absolute atomic E-state index is 11.7. The van der Waals surface area contributed by atoms with Crippen molar-refractivity contribution in [3.05, 3.63) is 24.5 Å². The third-order valence-corrected chi connectivity index (χ3v) is 3.29. The van der Waals surface area contributed by atoms with Crippen molar-refractivity contribution < 1.29 is 9.59 Å². The quantitative estimate of drug-likeness (QED) is 0.781. The van der Waals surface area contributed by atoms with E-state index in [1.165, 1.54) is 0 Å². The summed E-state index contributed by atoms with van der Waals surface area (Å²) in [4.78, 5) is 27.1. The molecule has 0 saturated carbocycles. The zero-order chi connectivity index (χ0) is 13.4. The summed E-state index contributed by atoms with van der Waals surface area (Å²) in [5.41, 5.74) is 1.68. The fourth-order valence-electron chi connectivity index (χ4n) is 2.27. The predicted molar refractivity (Wildman–Crippen MR) is 70.5 cm³/mol. The Hall–Kier alpha value is -2.37. The summed E-state index contributed by atoms with van der Waals surface area (Å²) in [5.74, 6) is -0.482. The molecule has 0 aliphatic carbocycles. The van der Waals surface area contributed by atoms with Crippen LogP contribution in [0.25, 0.3) is 11.0 Å². The Morgan fingerprint density at radius 3 is 3.11 bits per heavy atom. The van der Waals surface area contributed by atoms with Crippen molar-refractivity contribution in [3.63, 3.8) is 0 Å². The average Bonchev–Trinajstić information content (AvgIpc) is 2.74. The first-order chi connectivity index (χ1) is 9.13. The maximum atomic E-state index is 11.7. The van der Waals surface area contributed by atoms with E-state index in [1.807, 2.05) is 29.9 Å². The van der Waals surface area contributed by atoms with Gasteiger partial charge in [-0.1, -0.05) is 0 Å². The van der Waals surface area contributed by atoms with Crippen LogP contribution < -0.4 is 10.6 Å². The van der Waals surface area contributed by atoms with Crippen LogP contribution in [-0.2, 0) is 16.6 Å². The predicted octanol–water partition coefficient (Wildman–Crippen LogP) is 0.790. The van der Waals surface area contributed by atoms with Gasteiger partial charge in [-0.15, -0.1) is 0 Å². The van der Waals surface area contributed by atoms with Gasteiger partial charge in [-0.3, -0.25) is 14.9 Å². The van der Waals surface area contributed by atoms with E-state index in [0.717, 1.165) is 16.7 Å². The highest BCUT2D eigenvalue weighted by Gasteiger charge is 2.26. The van der Waals surface area contributed by atoms with E-state index in [0.29, 0.717) is 12.8 Å². The molecule has 1 saturated heterocycles. The number of imide groups is 1. The van der Waals surface area contributed by atoms with Crippen LogP contribution in [0.4, 0.5) is 5.69 Å². The summed E-state index contributed by atoms with van der Waals surface area (Å²) in [6.45, 7) is 0. The number of amides is 2. The van der Waals surface area contributed by atoms with Crippen LogP contribution in [0.15, 0.2) is 24.5 Å². The van der Waals surface area contributed by atoms with E-state index in [9.17, 15) is 9.59 Å². The van der Waals surface area contributed by atoms with Crippen molar-refractivity contribution in [1.82, 2.24) is 14.9 Å². The third-order valence-electron chi connectivity index (χ3n) is 3.29. The topological polar surface area (TPSA) is 76.0 Å². The Morgan fingerprint density at radius 1 is 1.47 bits per heavy atom. The normalized spacial score (nSPS) is 19.5. The second kappa shape index (κ2) is 4.38. The molecule has 3 heterocycles. The van der Waals surface area contributed by atoms with E-state index in [2.05, 4.69) is 15.6 Å². The minimum Gasteiger partial charge on any atom is -0.372 e. The molecule has 2 N–H and O–H groups in total. The van der Waals surface area contributed by atoms with Crippen LogP contribution >= 0.6 is 0 Å². The first kappa shape index (κ1) is 11.7. The number of nitrogens with one attached hydrogen (secondary N) is 2. The Labute approximate surface area is 109 Å². The number of piperidine rings is 1. The smallest absolute Gasteiger partial charge is 0.249 e. The minimum absolute atomic E-state index is 0.209. The molecule has 1 aliphatic rings. The number of anilines is 1. The Morgan fingerprint density at radius 2 is 2.32 bits per heavy atom. The van der Waals surface area contributed by atoms with E-state index < -0.39 is 0 Å². The Balaban J connectivity index is 1.81. The number of aromatic nitrogens is 2. The molecular formula is C13H14N4O2. The fraction of sp³-hybridized carbons (Fsp3) is 0.308. The van der Waals surface area contributed by atoms with Gasteiger partial charge in [0, 0.05) is 25.1 Å². The summed E-state index contributed by atoms with van der Waals surface area (Å²) in [5, 5.41) is 6.46. The van der Waals surface area contributed by atoms with Crippen LogP contribution in [0, 0.1) is 0 Å². The number of pyridine rings is 1. The van der Waals surface area contributed by atoms with Crippen molar-refractivity contribution in [2.24, 2.45) is 7.05 Å². The molecule has 1 atom stereocenters. The van der Waals surface area contributed by atoms with Gasteiger partial charge in [0.05, 0.1) is 11.9 Å².